The predicted octanol–water partition coefficient (Wildman–Crippen LogP) is 0.443. The van der Waals surface area contributed by atoms with Gasteiger partial charge in [-0.25, -0.2) is 9.36 Å². The van der Waals surface area contributed by atoms with Crippen LogP contribution in [0.2, 0.25) is 0 Å². The van der Waals surface area contributed by atoms with E-state index in [1.165, 1.54) is 19.2 Å². The van der Waals surface area contributed by atoms with Gasteiger partial charge < -0.3 is 9.84 Å². The zero-order valence-electron chi connectivity index (χ0n) is 10.8. The molecule has 0 saturated heterocycles. The van der Waals surface area contributed by atoms with Gasteiger partial charge in [0.05, 0.1) is 12.8 Å². The number of carbonyl (C=O) groups excluding carboxylic acids is 1. The van der Waals surface area contributed by atoms with Crippen LogP contribution in [-0.2, 0) is 0 Å². The summed E-state index contributed by atoms with van der Waals surface area (Å²) >= 11 is 0. The van der Waals surface area contributed by atoms with Gasteiger partial charge in [0, 0.05) is 0 Å². The smallest absolute Gasteiger partial charge is 0.335 e. The fraction of sp³-hybridized carbons (Fsp3) is 0.154. The van der Waals surface area contributed by atoms with Crippen molar-refractivity contribution in [1.29, 1.82) is 0 Å². The number of rotatable bonds is 3. The van der Waals surface area contributed by atoms with Crippen molar-refractivity contribution >= 4 is 5.78 Å². The Hall–Kier alpha value is -2.83. The number of nitrogens with one attached hydrogen (secondary N) is 1. The van der Waals surface area contributed by atoms with Crippen LogP contribution in [0.15, 0.2) is 33.9 Å². The number of hydrogen-bond acceptors (Lipinski definition) is 5. The zero-order chi connectivity index (χ0) is 14.9. The van der Waals surface area contributed by atoms with Gasteiger partial charge in [0.15, 0.2) is 5.78 Å². The van der Waals surface area contributed by atoms with Gasteiger partial charge in [0.25, 0.3) is 5.56 Å². The van der Waals surface area contributed by atoms with Gasteiger partial charge in [0.2, 0.25) is 5.88 Å². The zero-order valence-corrected chi connectivity index (χ0v) is 10.8. The highest BCUT2D eigenvalue weighted by atomic mass is 16.5. The van der Waals surface area contributed by atoms with E-state index in [0.29, 0.717) is 11.4 Å². The van der Waals surface area contributed by atoms with E-state index in [9.17, 15) is 19.5 Å². The molecule has 1 heterocycles. The largest absolute Gasteiger partial charge is 0.497 e. The van der Waals surface area contributed by atoms with Gasteiger partial charge in [-0.1, -0.05) is 0 Å². The van der Waals surface area contributed by atoms with Crippen LogP contribution in [0.1, 0.15) is 17.3 Å². The minimum absolute atomic E-state index is 0.298. The quantitative estimate of drug-likeness (QED) is 0.792. The highest BCUT2D eigenvalue weighted by molar-refractivity contribution is 5.95. The number of carbonyl (C=O) groups is 1. The van der Waals surface area contributed by atoms with E-state index in [1.54, 1.807) is 12.1 Å². The van der Waals surface area contributed by atoms with Crippen molar-refractivity contribution in [3.8, 4) is 17.3 Å². The second-order valence-electron chi connectivity index (χ2n) is 4.05. The SMILES string of the molecule is COc1ccc(-n2c(O)c(C(C)=O)c(=O)[nH]c2=O)cc1. The summed E-state index contributed by atoms with van der Waals surface area (Å²) in [7, 11) is 1.49. The summed E-state index contributed by atoms with van der Waals surface area (Å²) in [5, 5.41) is 9.99. The first-order valence-electron chi connectivity index (χ1n) is 5.69. The highest BCUT2D eigenvalue weighted by Gasteiger charge is 2.18. The molecule has 104 valence electrons. The van der Waals surface area contributed by atoms with Crippen LogP contribution in [0.4, 0.5) is 0 Å². The van der Waals surface area contributed by atoms with Crippen molar-refractivity contribution < 1.29 is 14.6 Å². The number of Topliss-reactive ketones (excluding diaryl/α,β-unsaturated/α-hetero) is 1. The summed E-state index contributed by atoms with van der Waals surface area (Å²) in [5.74, 6) is -0.750. The summed E-state index contributed by atoms with van der Waals surface area (Å²) in [6, 6.07) is 6.20. The molecule has 1 aromatic heterocycles. The maximum Gasteiger partial charge on any atom is 0.335 e. The van der Waals surface area contributed by atoms with Crippen LogP contribution >= 0.6 is 0 Å². The first kappa shape index (κ1) is 13.6. The van der Waals surface area contributed by atoms with Crippen molar-refractivity contribution in [1.82, 2.24) is 9.55 Å². The van der Waals surface area contributed by atoms with Crippen LogP contribution in [0.3, 0.4) is 0 Å². The fourth-order valence-corrected chi connectivity index (χ4v) is 1.81. The van der Waals surface area contributed by atoms with Gasteiger partial charge in [0.1, 0.15) is 11.3 Å². The van der Waals surface area contributed by atoms with Crippen LogP contribution in [-0.4, -0.2) is 27.6 Å². The van der Waals surface area contributed by atoms with Crippen molar-refractivity contribution in [2.75, 3.05) is 7.11 Å². The Morgan fingerprint density at radius 2 is 1.85 bits per heavy atom. The van der Waals surface area contributed by atoms with Gasteiger partial charge in [-0.2, -0.15) is 0 Å². The third kappa shape index (κ3) is 2.20. The van der Waals surface area contributed by atoms with E-state index in [0.717, 1.165) is 11.5 Å². The van der Waals surface area contributed by atoms with Crippen LogP contribution in [0, 0.1) is 0 Å². The Labute approximate surface area is 113 Å². The molecule has 0 unspecified atom stereocenters. The van der Waals surface area contributed by atoms with Crippen molar-refractivity contribution in [3.63, 3.8) is 0 Å². The molecule has 0 aliphatic carbocycles. The highest BCUT2D eigenvalue weighted by Crippen LogP contribution is 2.19. The number of nitrogens with zero attached hydrogens (tertiary/aromatic N) is 1. The molecule has 2 rings (SSSR count). The lowest BCUT2D eigenvalue weighted by Gasteiger charge is -2.10. The third-order valence-electron chi connectivity index (χ3n) is 2.77. The lowest BCUT2D eigenvalue weighted by Crippen LogP contribution is -2.32. The number of methoxy groups -OCH3 is 1. The van der Waals surface area contributed by atoms with Gasteiger partial charge in [-0.15, -0.1) is 0 Å². The van der Waals surface area contributed by atoms with Crippen LogP contribution < -0.4 is 16.0 Å². The number of aromatic nitrogens is 2. The number of aromatic amines is 1. The van der Waals surface area contributed by atoms with Crippen molar-refractivity contribution in [3.05, 3.63) is 50.7 Å². The molecule has 0 spiro atoms. The number of ketones is 1. The van der Waals surface area contributed by atoms with Crippen molar-refractivity contribution in [2.24, 2.45) is 0 Å². The maximum absolute atomic E-state index is 11.8. The van der Waals surface area contributed by atoms with E-state index >= 15 is 0 Å². The Bertz CT molecular complexity index is 771. The molecule has 7 nitrogen and oxygen atoms in total. The average molecular weight is 276 g/mol. The number of benzene rings is 1. The lowest BCUT2D eigenvalue weighted by atomic mass is 10.2. The minimum Gasteiger partial charge on any atom is -0.497 e. The van der Waals surface area contributed by atoms with E-state index in [1.807, 2.05) is 4.98 Å². The molecule has 0 radical (unpaired) electrons. The summed E-state index contributed by atoms with van der Waals surface area (Å²) in [6.07, 6.45) is 0. The Morgan fingerprint density at radius 1 is 1.25 bits per heavy atom. The molecule has 0 saturated carbocycles. The molecular weight excluding hydrogens is 264 g/mol. The van der Waals surface area contributed by atoms with E-state index in [4.69, 9.17) is 4.74 Å². The molecule has 7 heteroatoms. The summed E-state index contributed by atoms with van der Waals surface area (Å²) in [6.45, 7) is 1.13. The molecule has 0 aliphatic heterocycles. The topological polar surface area (TPSA) is 101 Å². The number of ether oxygens (including phenoxy) is 1. The van der Waals surface area contributed by atoms with Crippen LogP contribution in [0.5, 0.6) is 11.6 Å². The number of aromatic hydroxyl groups is 1. The monoisotopic (exact) mass is 276 g/mol. The van der Waals surface area contributed by atoms with E-state index in [2.05, 4.69) is 0 Å². The lowest BCUT2D eigenvalue weighted by molar-refractivity contribution is 0.101. The molecule has 2 N–H and O–H groups in total. The Kier molecular flexibility index (Phi) is 3.43. The summed E-state index contributed by atoms with van der Waals surface area (Å²) in [4.78, 5) is 36.7. The minimum atomic E-state index is -0.912. The molecule has 20 heavy (non-hydrogen) atoms. The van der Waals surface area contributed by atoms with Crippen molar-refractivity contribution in [2.45, 2.75) is 6.92 Å². The first-order chi connectivity index (χ1) is 9.45. The molecule has 0 bridgehead atoms. The molecule has 0 atom stereocenters. The molecular formula is C13H12N2O5. The molecule has 1 aromatic carbocycles. The van der Waals surface area contributed by atoms with Gasteiger partial charge >= 0.3 is 5.69 Å². The molecule has 0 fully saturated rings. The number of hydrogen-bond donors (Lipinski definition) is 2. The average Bonchev–Trinajstić information content (AvgIpc) is 2.38. The van der Waals surface area contributed by atoms with Gasteiger partial charge in [-0.3, -0.25) is 14.6 Å². The Balaban J connectivity index is 2.73. The molecule has 0 amide bonds. The molecule has 0 aliphatic rings. The number of H-pyrrole nitrogens is 1. The second kappa shape index (κ2) is 5.04. The summed E-state index contributed by atoms with van der Waals surface area (Å²) < 4.78 is 5.83. The second-order valence-corrected chi connectivity index (χ2v) is 4.05. The van der Waals surface area contributed by atoms with E-state index < -0.39 is 28.5 Å². The first-order valence-corrected chi connectivity index (χ1v) is 5.69. The summed E-state index contributed by atoms with van der Waals surface area (Å²) in [5.41, 5.74) is -1.90. The molecule has 2 aromatic rings. The normalized spacial score (nSPS) is 10.3. The van der Waals surface area contributed by atoms with Gasteiger partial charge in [-0.05, 0) is 31.2 Å². The predicted molar refractivity (Wildman–Crippen MR) is 70.9 cm³/mol. The fourth-order valence-electron chi connectivity index (χ4n) is 1.81. The Morgan fingerprint density at radius 3 is 2.35 bits per heavy atom. The van der Waals surface area contributed by atoms with Crippen LogP contribution in [0.25, 0.3) is 5.69 Å². The standard InChI is InChI=1S/C13H12N2O5/c1-7(16)10-11(17)14-13(19)15(12(10)18)8-3-5-9(20-2)6-4-8/h3-6,18H,1-2H3,(H,14,17,19). The third-order valence-corrected chi connectivity index (χ3v) is 2.77. The maximum atomic E-state index is 11.8. The van der Waals surface area contributed by atoms with E-state index in [-0.39, 0.29) is 0 Å².